The molecule has 10 heteroatoms. The Labute approximate surface area is 205 Å². The first-order valence-electron chi connectivity index (χ1n) is 11.0. The minimum Gasteiger partial charge on any atom is -0.452 e. The van der Waals surface area contributed by atoms with Gasteiger partial charge in [-0.2, -0.15) is 5.10 Å². The zero-order chi connectivity index (χ0) is 25.8. The number of amides is 1. The van der Waals surface area contributed by atoms with Gasteiger partial charge in [-0.15, -0.1) is 0 Å². The van der Waals surface area contributed by atoms with E-state index in [-0.39, 0.29) is 17.0 Å². The van der Waals surface area contributed by atoms with Crippen LogP contribution < -0.4 is 5.32 Å². The van der Waals surface area contributed by atoms with E-state index in [0.29, 0.717) is 12.1 Å². The number of sulfonamides is 1. The van der Waals surface area contributed by atoms with E-state index in [9.17, 15) is 18.0 Å². The molecule has 186 valence electrons. The van der Waals surface area contributed by atoms with Gasteiger partial charge in [0.2, 0.25) is 10.0 Å². The molecular formula is C25H30N4O5S. The van der Waals surface area contributed by atoms with Crippen molar-refractivity contribution in [2.45, 2.75) is 38.8 Å². The Morgan fingerprint density at radius 3 is 2.40 bits per heavy atom. The summed E-state index contributed by atoms with van der Waals surface area (Å²) in [4.78, 5) is 24.9. The van der Waals surface area contributed by atoms with Crippen molar-refractivity contribution >= 4 is 21.9 Å². The molecule has 35 heavy (non-hydrogen) atoms. The van der Waals surface area contributed by atoms with Crippen molar-refractivity contribution in [3.05, 3.63) is 82.2 Å². The Kier molecular flexibility index (Phi) is 8.08. The van der Waals surface area contributed by atoms with Crippen LogP contribution in [0.25, 0.3) is 0 Å². The first kappa shape index (κ1) is 26.1. The number of aromatic nitrogens is 2. The van der Waals surface area contributed by atoms with Gasteiger partial charge in [-0.1, -0.05) is 36.4 Å². The van der Waals surface area contributed by atoms with Crippen LogP contribution in [-0.4, -0.2) is 55.1 Å². The van der Waals surface area contributed by atoms with E-state index < -0.39 is 28.5 Å². The molecule has 3 rings (SSSR count). The molecule has 0 radical (unpaired) electrons. The second-order valence-electron chi connectivity index (χ2n) is 8.41. The number of hydrogen-bond acceptors (Lipinski definition) is 6. The van der Waals surface area contributed by atoms with Crippen LogP contribution in [-0.2, 0) is 32.6 Å². The van der Waals surface area contributed by atoms with E-state index in [1.165, 1.54) is 32.3 Å². The molecule has 2 aromatic carbocycles. The number of aryl methyl sites for hydroxylation is 2. The van der Waals surface area contributed by atoms with Gasteiger partial charge in [-0.3, -0.25) is 9.48 Å². The van der Waals surface area contributed by atoms with E-state index >= 15 is 0 Å². The normalized spacial score (nSPS) is 11.5. The fraction of sp³-hybridized carbons (Fsp3) is 0.320. The third kappa shape index (κ3) is 6.14. The summed E-state index contributed by atoms with van der Waals surface area (Å²) in [5.41, 5.74) is 4.42. The summed E-state index contributed by atoms with van der Waals surface area (Å²) < 4.78 is 32.8. The highest BCUT2D eigenvalue weighted by Gasteiger charge is 2.21. The molecule has 9 nitrogen and oxygen atoms in total. The number of hydrogen-bond donors (Lipinski definition) is 1. The summed E-state index contributed by atoms with van der Waals surface area (Å²) in [5.74, 6) is -1.24. The zero-order valence-electron chi connectivity index (χ0n) is 20.5. The number of esters is 1. The number of nitrogens with one attached hydrogen (secondary N) is 1. The Hall–Kier alpha value is -3.50. The molecular weight excluding hydrogens is 468 g/mol. The van der Waals surface area contributed by atoms with Crippen molar-refractivity contribution in [3.8, 4) is 0 Å². The maximum absolute atomic E-state index is 12.6. The lowest BCUT2D eigenvalue weighted by molar-refractivity contribution is -0.124. The average Bonchev–Trinajstić information content (AvgIpc) is 3.08. The Balaban J connectivity index is 1.60. The minimum absolute atomic E-state index is 0.0250. The fourth-order valence-corrected chi connectivity index (χ4v) is 4.47. The third-order valence-corrected chi connectivity index (χ3v) is 7.52. The predicted molar refractivity (Wildman–Crippen MR) is 131 cm³/mol. The smallest absolute Gasteiger partial charge is 0.338 e. The van der Waals surface area contributed by atoms with Crippen molar-refractivity contribution in [1.29, 1.82) is 0 Å². The molecule has 1 amide bonds. The molecule has 0 aliphatic rings. The lowest BCUT2D eigenvalue weighted by Gasteiger charge is -2.13. The number of benzene rings is 2. The van der Waals surface area contributed by atoms with E-state index in [1.807, 2.05) is 48.9 Å². The molecule has 1 N–H and O–H groups in total. The van der Waals surface area contributed by atoms with Crippen LogP contribution in [0.5, 0.6) is 0 Å². The summed E-state index contributed by atoms with van der Waals surface area (Å²) in [6.45, 7) is 5.88. The lowest BCUT2D eigenvalue weighted by atomic mass is 10.1. The van der Waals surface area contributed by atoms with Crippen LogP contribution >= 0.6 is 0 Å². The molecule has 1 aromatic heterocycles. The molecule has 1 heterocycles. The summed E-state index contributed by atoms with van der Waals surface area (Å²) in [5, 5.41) is 7.33. The van der Waals surface area contributed by atoms with Gasteiger partial charge in [-0.05, 0) is 44.0 Å². The van der Waals surface area contributed by atoms with Gasteiger partial charge < -0.3 is 10.1 Å². The van der Waals surface area contributed by atoms with Gasteiger partial charge in [0.25, 0.3) is 5.91 Å². The highest BCUT2D eigenvalue weighted by Crippen LogP contribution is 2.19. The van der Waals surface area contributed by atoms with Gasteiger partial charge in [-0.25, -0.2) is 17.5 Å². The van der Waals surface area contributed by atoms with Crippen molar-refractivity contribution in [1.82, 2.24) is 19.4 Å². The molecule has 3 aromatic rings. The maximum Gasteiger partial charge on any atom is 0.338 e. The van der Waals surface area contributed by atoms with Crippen LogP contribution in [0.2, 0.25) is 0 Å². The Morgan fingerprint density at radius 1 is 1.06 bits per heavy atom. The van der Waals surface area contributed by atoms with Crippen LogP contribution in [0.1, 0.15) is 38.4 Å². The van der Waals surface area contributed by atoms with Crippen molar-refractivity contribution in [3.63, 3.8) is 0 Å². The van der Waals surface area contributed by atoms with Gasteiger partial charge in [0.1, 0.15) is 0 Å². The summed E-state index contributed by atoms with van der Waals surface area (Å²) >= 11 is 0. The first-order valence-corrected chi connectivity index (χ1v) is 12.5. The molecule has 0 bridgehead atoms. The van der Waals surface area contributed by atoms with Gasteiger partial charge in [0, 0.05) is 31.9 Å². The summed E-state index contributed by atoms with van der Waals surface area (Å²) in [6, 6.07) is 14.2. The molecule has 0 unspecified atom stereocenters. The summed E-state index contributed by atoms with van der Waals surface area (Å²) in [6.07, 6.45) is 0. The topological polar surface area (TPSA) is 111 Å². The van der Waals surface area contributed by atoms with E-state index in [0.717, 1.165) is 26.8 Å². The minimum atomic E-state index is -3.71. The molecule has 0 aliphatic heterocycles. The van der Waals surface area contributed by atoms with E-state index in [1.54, 1.807) is 6.92 Å². The quantitative estimate of drug-likeness (QED) is 0.454. The second kappa shape index (κ2) is 10.8. The largest absolute Gasteiger partial charge is 0.452 e. The van der Waals surface area contributed by atoms with E-state index in [4.69, 9.17) is 4.74 Å². The Bertz CT molecular complexity index is 1330. The molecule has 0 fully saturated rings. The number of carbonyl (C=O) groups is 2. The van der Waals surface area contributed by atoms with Crippen molar-refractivity contribution in [2.75, 3.05) is 20.7 Å². The number of rotatable bonds is 9. The monoisotopic (exact) mass is 498 g/mol. The standard InChI is InChI=1S/C25H30N4O5S/c1-17-11-12-21(35(32,33)28(4)5)13-22(17)25(31)34-16-24(30)26-14-23-18(2)27-29(19(23)3)15-20-9-7-6-8-10-20/h6-13H,14-16H2,1-5H3,(H,26,30). The number of carbonyl (C=O) groups excluding carboxylic acids is 2. The molecule has 0 saturated carbocycles. The third-order valence-electron chi connectivity index (χ3n) is 5.71. The zero-order valence-corrected chi connectivity index (χ0v) is 21.3. The number of ether oxygens (including phenoxy) is 1. The van der Waals surface area contributed by atoms with Crippen LogP contribution in [0.4, 0.5) is 0 Å². The van der Waals surface area contributed by atoms with E-state index in [2.05, 4.69) is 10.4 Å². The first-order chi connectivity index (χ1) is 16.5. The molecule has 0 atom stereocenters. The lowest BCUT2D eigenvalue weighted by Crippen LogP contribution is -2.29. The van der Waals surface area contributed by atoms with Crippen molar-refractivity contribution < 1.29 is 22.7 Å². The molecule has 0 aliphatic carbocycles. The molecule has 0 spiro atoms. The van der Waals surface area contributed by atoms with Gasteiger partial charge in [0.05, 0.1) is 22.7 Å². The highest BCUT2D eigenvalue weighted by atomic mass is 32.2. The predicted octanol–water partition coefficient (Wildman–Crippen LogP) is 2.58. The van der Waals surface area contributed by atoms with Crippen molar-refractivity contribution in [2.24, 2.45) is 0 Å². The van der Waals surface area contributed by atoms with Crippen LogP contribution in [0, 0.1) is 20.8 Å². The SMILES string of the molecule is Cc1ccc(S(=O)(=O)N(C)C)cc1C(=O)OCC(=O)NCc1c(C)nn(Cc2ccccc2)c1C. The second-order valence-corrected chi connectivity index (χ2v) is 10.6. The average molecular weight is 499 g/mol. The maximum atomic E-state index is 12.6. The van der Waals surface area contributed by atoms with Gasteiger partial charge in [0.15, 0.2) is 6.61 Å². The Morgan fingerprint density at radius 2 is 1.74 bits per heavy atom. The fourth-order valence-electron chi connectivity index (χ4n) is 3.54. The van der Waals surface area contributed by atoms with Crippen LogP contribution in [0.15, 0.2) is 53.4 Å². The molecule has 0 saturated heterocycles. The summed E-state index contributed by atoms with van der Waals surface area (Å²) in [7, 11) is -0.890. The number of nitrogens with zero attached hydrogens (tertiary/aromatic N) is 3. The van der Waals surface area contributed by atoms with Gasteiger partial charge >= 0.3 is 5.97 Å². The highest BCUT2D eigenvalue weighted by molar-refractivity contribution is 7.89. The van der Waals surface area contributed by atoms with Crippen LogP contribution in [0.3, 0.4) is 0 Å².